The molecule has 1 aliphatic heterocycles. The first kappa shape index (κ1) is 20.8. The maximum atomic E-state index is 14.5. The fourth-order valence-electron chi connectivity index (χ4n) is 2.89. The molecule has 1 aromatic heterocycles. The normalized spacial score (nSPS) is 24.7. The van der Waals surface area contributed by atoms with Gasteiger partial charge in [-0.25, -0.2) is 9.37 Å². The number of hydrogen-bond donors (Lipinski definition) is 2. The average Bonchev–Trinajstić information content (AvgIpc) is 2.66. The van der Waals surface area contributed by atoms with Gasteiger partial charge >= 0.3 is 6.18 Å². The summed E-state index contributed by atoms with van der Waals surface area (Å²) in [4.78, 5) is 8.16. The number of benzene rings is 1. The summed E-state index contributed by atoms with van der Waals surface area (Å²) in [5.74, 6) is -0.738. The highest BCUT2D eigenvalue weighted by molar-refractivity contribution is 5.90. The Morgan fingerprint density at radius 2 is 1.86 bits per heavy atom. The van der Waals surface area contributed by atoms with E-state index in [1.807, 2.05) is 0 Å². The second-order valence-corrected chi connectivity index (χ2v) is 6.94. The predicted molar refractivity (Wildman–Crippen MR) is 99.9 cm³/mol. The lowest BCUT2D eigenvalue weighted by atomic mass is 9.93. The Balaban J connectivity index is 1.98. The average molecular weight is 412 g/mol. The smallest absolute Gasteiger partial charge is 0.424 e. The van der Waals surface area contributed by atoms with Crippen molar-refractivity contribution in [3.8, 4) is 5.75 Å². The number of methoxy groups -OCH3 is 1. The van der Waals surface area contributed by atoms with Crippen molar-refractivity contribution in [2.45, 2.75) is 31.2 Å². The molecule has 10 heteroatoms. The van der Waals surface area contributed by atoms with Gasteiger partial charge in [-0.15, -0.1) is 0 Å². The van der Waals surface area contributed by atoms with Crippen LogP contribution in [0.2, 0.25) is 0 Å². The van der Waals surface area contributed by atoms with Gasteiger partial charge in [0.05, 0.1) is 19.4 Å². The molecule has 6 nitrogen and oxygen atoms in total. The van der Waals surface area contributed by atoms with E-state index in [0.29, 0.717) is 11.4 Å². The molecule has 29 heavy (non-hydrogen) atoms. The number of halogens is 4. The summed E-state index contributed by atoms with van der Waals surface area (Å²) in [6.07, 6.45) is -4.76. The molecule has 1 aromatic carbocycles. The monoisotopic (exact) mass is 412 g/mol. The van der Waals surface area contributed by atoms with Crippen molar-refractivity contribution in [1.29, 1.82) is 0 Å². The lowest BCUT2D eigenvalue weighted by Gasteiger charge is -2.40. The fourth-order valence-corrected chi connectivity index (χ4v) is 2.89. The van der Waals surface area contributed by atoms with Crippen molar-refractivity contribution in [2.24, 2.45) is 10.7 Å². The van der Waals surface area contributed by atoms with Gasteiger partial charge < -0.3 is 20.5 Å². The second-order valence-electron chi connectivity index (χ2n) is 6.94. The van der Waals surface area contributed by atoms with Crippen molar-refractivity contribution in [2.75, 3.05) is 19.0 Å². The molecule has 0 radical (unpaired) electrons. The van der Waals surface area contributed by atoms with Crippen molar-refractivity contribution >= 4 is 17.3 Å². The third-order valence-corrected chi connectivity index (χ3v) is 4.76. The summed E-state index contributed by atoms with van der Waals surface area (Å²) in [6, 6.07) is 9.56. The number of nitrogens with two attached hydrogens (primary N) is 1. The molecule has 2 atom stereocenters. The van der Waals surface area contributed by atoms with Crippen LogP contribution in [-0.4, -0.2) is 36.3 Å². The zero-order valence-corrected chi connectivity index (χ0v) is 16.0. The van der Waals surface area contributed by atoms with E-state index >= 15 is 0 Å². The van der Waals surface area contributed by atoms with Crippen molar-refractivity contribution in [3.05, 3.63) is 47.9 Å². The number of hydrogen-bond acceptors (Lipinski definition) is 6. The Morgan fingerprint density at radius 3 is 2.48 bits per heavy atom. The molecular formula is C19H20F4N4O2. The molecule has 0 saturated carbocycles. The minimum Gasteiger partial charge on any atom is -0.495 e. The largest absolute Gasteiger partial charge is 0.495 e. The Hall–Kier alpha value is -2.88. The van der Waals surface area contributed by atoms with Gasteiger partial charge in [0.15, 0.2) is 0 Å². The van der Waals surface area contributed by atoms with Gasteiger partial charge in [-0.2, -0.15) is 13.2 Å². The number of anilines is 2. The summed E-state index contributed by atoms with van der Waals surface area (Å²) in [5.41, 5.74) is 1.71. The molecule has 1 unspecified atom stereocenters. The molecule has 2 aromatic rings. The number of para-hydroxylation sites is 2. The first-order chi connectivity index (χ1) is 13.5. The highest BCUT2D eigenvalue weighted by Crippen LogP contribution is 2.41. The lowest BCUT2D eigenvalue weighted by Crippen LogP contribution is -2.60. The molecule has 0 amide bonds. The van der Waals surface area contributed by atoms with Crippen LogP contribution in [0.5, 0.6) is 5.75 Å². The molecule has 156 valence electrons. The molecule has 2 heterocycles. The number of pyridine rings is 1. The fraction of sp³-hybridized carbons (Fsp3) is 0.368. The summed E-state index contributed by atoms with van der Waals surface area (Å²) in [5, 5.41) is 3.00. The Labute approximate surface area is 164 Å². The highest BCUT2D eigenvalue weighted by Gasteiger charge is 2.59. The van der Waals surface area contributed by atoms with E-state index in [4.69, 9.17) is 15.2 Å². The Kier molecular flexibility index (Phi) is 5.16. The predicted octanol–water partition coefficient (Wildman–Crippen LogP) is 3.90. The standard InChI is InChI=1S/C19H20F4N4O2/c1-17(10-29-18(2,16(24)27-17)19(21,22)23)15-11(20)8-9-14(26-15)25-12-6-4-5-7-13(12)28-3/h4-9H,10H2,1-3H3,(H2,24,27)(H,25,26)/t17?,18-/m1/s1. The van der Waals surface area contributed by atoms with Gasteiger partial charge in [0.2, 0.25) is 5.60 Å². The molecule has 1 aliphatic rings. The van der Waals surface area contributed by atoms with Gasteiger partial charge in [0.25, 0.3) is 0 Å². The van der Waals surface area contributed by atoms with Crippen LogP contribution in [0.4, 0.5) is 29.1 Å². The van der Waals surface area contributed by atoms with E-state index < -0.39 is 35.6 Å². The molecule has 0 aliphatic carbocycles. The van der Waals surface area contributed by atoms with Crippen LogP contribution in [-0.2, 0) is 10.3 Å². The van der Waals surface area contributed by atoms with Gasteiger partial charge in [-0.1, -0.05) is 12.1 Å². The van der Waals surface area contributed by atoms with Crippen LogP contribution in [0, 0.1) is 5.82 Å². The molecule has 3 N–H and O–H groups in total. The van der Waals surface area contributed by atoms with E-state index in [0.717, 1.165) is 13.0 Å². The Bertz CT molecular complexity index is 950. The first-order valence-corrected chi connectivity index (χ1v) is 8.64. The van der Waals surface area contributed by atoms with E-state index in [1.54, 1.807) is 24.3 Å². The Morgan fingerprint density at radius 1 is 1.17 bits per heavy atom. The molecule has 0 bridgehead atoms. The van der Waals surface area contributed by atoms with Crippen LogP contribution in [0.1, 0.15) is 19.5 Å². The van der Waals surface area contributed by atoms with Crippen LogP contribution in [0.3, 0.4) is 0 Å². The quantitative estimate of drug-likeness (QED) is 0.745. The van der Waals surface area contributed by atoms with E-state index in [2.05, 4.69) is 15.3 Å². The maximum absolute atomic E-state index is 14.5. The molecular weight excluding hydrogens is 392 g/mol. The summed E-state index contributed by atoms with van der Waals surface area (Å²) in [6.45, 7) is 1.65. The lowest BCUT2D eigenvalue weighted by molar-refractivity contribution is -0.249. The van der Waals surface area contributed by atoms with Gasteiger partial charge in [0, 0.05) is 0 Å². The number of nitrogens with one attached hydrogen (secondary N) is 1. The number of aliphatic imine (C=N–C) groups is 1. The topological polar surface area (TPSA) is 81.8 Å². The summed E-state index contributed by atoms with van der Waals surface area (Å²) < 4.78 is 64.7. The van der Waals surface area contributed by atoms with Crippen LogP contribution >= 0.6 is 0 Å². The number of aromatic nitrogens is 1. The van der Waals surface area contributed by atoms with Crippen LogP contribution < -0.4 is 15.8 Å². The number of rotatable bonds is 4. The number of amidine groups is 1. The number of ether oxygens (including phenoxy) is 2. The minimum atomic E-state index is -4.76. The summed E-state index contributed by atoms with van der Waals surface area (Å²) in [7, 11) is 1.50. The van der Waals surface area contributed by atoms with Gasteiger partial charge in [-0.3, -0.25) is 4.99 Å². The maximum Gasteiger partial charge on any atom is 0.424 e. The highest BCUT2D eigenvalue weighted by atomic mass is 19.4. The minimum absolute atomic E-state index is 0.190. The number of nitrogens with zero attached hydrogens (tertiary/aromatic N) is 2. The summed E-state index contributed by atoms with van der Waals surface area (Å²) >= 11 is 0. The first-order valence-electron chi connectivity index (χ1n) is 8.64. The third-order valence-electron chi connectivity index (χ3n) is 4.76. The van der Waals surface area contributed by atoms with E-state index in [-0.39, 0.29) is 11.5 Å². The van der Waals surface area contributed by atoms with Crippen LogP contribution in [0.25, 0.3) is 0 Å². The molecule has 0 spiro atoms. The molecule has 0 fully saturated rings. The zero-order valence-electron chi connectivity index (χ0n) is 16.0. The van der Waals surface area contributed by atoms with Crippen molar-refractivity contribution in [3.63, 3.8) is 0 Å². The number of alkyl halides is 3. The second kappa shape index (κ2) is 7.18. The van der Waals surface area contributed by atoms with Gasteiger partial charge in [0.1, 0.15) is 34.5 Å². The third kappa shape index (κ3) is 3.71. The van der Waals surface area contributed by atoms with Crippen LogP contribution in [0.15, 0.2) is 41.4 Å². The molecule has 0 saturated heterocycles. The zero-order chi connectivity index (χ0) is 21.4. The van der Waals surface area contributed by atoms with E-state index in [9.17, 15) is 17.6 Å². The van der Waals surface area contributed by atoms with E-state index in [1.165, 1.54) is 20.1 Å². The SMILES string of the molecule is COc1ccccc1Nc1ccc(F)c(C2(C)CO[C@@](C)(C(F)(F)F)C(N)=N2)n1. The van der Waals surface area contributed by atoms with Crippen molar-refractivity contribution in [1.82, 2.24) is 4.98 Å². The van der Waals surface area contributed by atoms with Crippen molar-refractivity contribution < 1.29 is 27.0 Å². The molecule has 3 rings (SSSR count). The van der Waals surface area contributed by atoms with Gasteiger partial charge in [-0.05, 0) is 38.1 Å².